The Morgan fingerprint density at radius 2 is 1.58 bits per heavy atom. The largest absolute Gasteiger partial charge is 0.493 e. The molecule has 0 atom stereocenters. The Kier molecular flexibility index (Phi) is 11.8. The third-order valence-corrected chi connectivity index (χ3v) is 4.98. The van der Waals surface area contributed by atoms with Crippen LogP contribution in [0.2, 0.25) is 0 Å². The van der Waals surface area contributed by atoms with E-state index in [0.717, 1.165) is 31.2 Å². The van der Waals surface area contributed by atoms with Crippen molar-refractivity contribution < 1.29 is 38.1 Å². The lowest BCUT2D eigenvalue weighted by atomic mass is 10.2. The van der Waals surface area contributed by atoms with Gasteiger partial charge in [-0.2, -0.15) is 0 Å². The maximum absolute atomic E-state index is 12.6. The minimum Gasteiger partial charge on any atom is -0.493 e. The topological polar surface area (TPSA) is 97.4 Å². The smallest absolute Gasteiger partial charge is 0.343 e. The van der Waals surface area contributed by atoms with E-state index >= 15 is 0 Å². The van der Waals surface area contributed by atoms with Crippen LogP contribution in [0.3, 0.4) is 0 Å². The Morgan fingerprint density at radius 3 is 2.22 bits per heavy atom. The van der Waals surface area contributed by atoms with Crippen molar-refractivity contribution in [1.82, 2.24) is 0 Å². The number of carbonyl (C=O) groups is 3. The highest BCUT2D eigenvalue weighted by Crippen LogP contribution is 2.29. The van der Waals surface area contributed by atoms with E-state index in [1.54, 1.807) is 55.5 Å². The molecule has 0 radical (unpaired) electrons. The van der Waals surface area contributed by atoms with Crippen LogP contribution < -0.4 is 14.2 Å². The predicted molar refractivity (Wildman–Crippen MR) is 135 cm³/mol. The number of carbonyl (C=O) groups excluding carboxylic acids is 3. The fourth-order valence-electron chi connectivity index (χ4n) is 2.99. The maximum Gasteiger partial charge on any atom is 0.343 e. The highest BCUT2D eigenvalue weighted by Gasteiger charge is 2.13. The van der Waals surface area contributed by atoms with E-state index in [1.807, 2.05) is 0 Å². The molecule has 36 heavy (non-hydrogen) atoms. The first-order valence-electron chi connectivity index (χ1n) is 11.6. The second kappa shape index (κ2) is 15.0. The quantitative estimate of drug-likeness (QED) is 0.153. The second-order valence-corrected chi connectivity index (χ2v) is 7.86. The summed E-state index contributed by atoms with van der Waals surface area (Å²) in [5.41, 5.74) is 1.48. The molecule has 0 amide bonds. The van der Waals surface area contributed by atoms with Gasteiger partial charge in [0.25, 0.3) is 0 Å². The summed E-state index contributed by atoms with van der Waals surface area (Å²) in [6.45, 7) is 6.04. The van der Waals surface area contributed by atoms with Gasteiger partial charge in [0.1, 0.15) is 5.75 Å². The highest BCUT2D eigenvalue weighted by atomic mass is 16.5. The number of benzene rings is 2. The third-order valence-electron chi connectivity index (χ3n) is 4.98. The van der Waals surface area contributed by atoms with E-state index in [4.69, 9.17) is 18.9 Å². The van der Waals surface area contributed by atoms with E-state index in [1.165, 1.54) is 20.3 Å². The Hall–Kier alpha value is -4.07. The van der Waals surface area contributed by atoms with E-state index < -0.39 is 11.9 Å². The highest BCUT2D eigenvalue weighted by molar-refractivity contribution is 5.92. The van der Waals surface area contributed by atoms with Crippen molar-refractivity contribution in [2.45, 2.75) is 32.6 Å². The van der Waals surface area contributed by atoms with E-state index in [0.29, 0.717) is 41.6 Å². The minimum absolute atomic E-state index is 0.318. The number of methoxy groups -OCH3 is 2. The zero-order valence-electron chi connectivity index (χ0n) is 20.9. The Bertz CT molecular complexity index is 1070. The molecule has 0 bridgehead atoms. The number of ether oxygens (including phenoxy) is 5. The summed E-state index contributed by atoms with van der Waals surface area (Å²) in [5, 5.41) is 0. The van der Waals surface area contributed by atoms with Gasteiger partial charge in [-0.3, -0.25) is 0 Å². The van der Waals surface area contributed by atoms with Crippen molar-refractivity contribution >= 4 is 24.0 Å². The van der Waals surface area contributed by atoms with Gasteiger partial charge in [0.2, 0.25) is 0 Å². The van der Waals surface area contributed by atoms with Gasteiger partial charge in [-0.15, -0.1) is 0 Å². The molecule has 2 aromatic rings. The summed E-state index contributed by atoms with van der Waals surface area (Å²) in [7, 11) is 2.81. The summed E-state index contributed by atoms with van der Waals surface area (Å²) in [5.74, 6) is -0.0224. The summed E-state index contributed by atoms with van der Waals surface area (Å²) in [4.78, 5) is 35.1. The molecule has 0 unspecified atom stereocenters. The monoisotopic (exact) mass is 496 g/mol. The molecule has 0 spiro atoms. The fraction of sp³-hybridized carbons (Fsp3) is 0.321. The minimum atomic E-state index is -0.537. The zero-order chi connectivity index (χ0) is 26.3. The lowest BCUT2D eigenvalue weighted by molar-refractivity contribution is -0.139. The molecule has 2 aromatic carbocycles. The molecule has 0 heterocycles. The molecule has 0 aliphatic rings. The van der Waals surface area contributed by atoms with Crippen molar-refractivity contribution in [2.75, 3.05) is 27.4 Å². The molecule has 8 heteroatoms. The zero-order valence-corrected chi connectivity index (χ0v) is 20.9. The molecule has 0 saturated carbocycles. The average Bonchev–Trinajstić information content (AvgIpc) is 2.89. The van der Waals surface area contributed by atoms with Gasteiger partial charge in [0, 0.05) is 11.6 Å². The summed E-state index contributed by atoms with van der Waals surface area (Å²) >= 11 is 0. The lowest BCUT2D eigenvalue weighted by Gasteiger charge is -2.12. The van der Waals surface area contributed by atoms with Crippen LogP contribution in [0.1, 0.15) is 48.5 Å². The average molecular weight is 497 g/mol. The van der Waals surface area contributed by atoms with Gasteiger partial charge in [0.15, 0.2) is 11.5 Å². The van der Waals surface area contributed by atoms with Gasteiger partial charge in [-0.05, 0) is 74.6 Å². The van der Waals surface area contributed by atoms with Crippen LogP contribution in [0.25, 0.3) is 6.08 Å². The van der Waals surface area contributed by atoms with Crippen LogP contribution >= 0.6 is 0 Å². The molecule has 0 aliphatic heterocycles. The predicted octanol–water partition coefficient (Wildman–Crippen LogP) is 5.16. The molecular weight excluding hydrogens is 464 g/mol. The van der Waals surface area contributed by atoms with Gasteiger partial charge >= 0.3 is 17.9 Å². The molecule has 192 valence electrons. The molecule has 0 N–H and O–H groups in total. The summed E-state index contributed by atoms with van der Waals surface area (Å²) in [6, 6.07) is 11.6. The van der Waals surface area contributed by atoms with Crippen LogP contribution in [0, 0.1) is 0 Å². The molecule has 0 saturated heterocycles. The molecule has 2 rings (SSSR count). The third kappa shape index (κ3) is 9.66. The second-order valence-electron chi connectivity index (χ2n) is 7.86. The van der Waals surface area contributed by atoms with Gasteiger partial charge in [0.05, 0.1) is 33.0 Å². The maximum atomic E-state index is 12.6. The standard InChI is InChI=1S/C28H32O8/c1-20(2)27(30)35-18-8-6-5-7-17-34-24-15-12-22(19-25(24)32-3)28(31)36-23-13-9-21(10-14-23)11-16-26(29)33-4/h9-16,19H,1,5-8,17-18H2,2-4H3/b16-11+. The van der Waals surface area contributed by atoms with E-state index in [9.17, 15) is 14.4 Å². The summed E-state index contributed by atoms with van der Waals surface area (Å²) in [6.07, 6.45) is 6.36. The fourth-order valence-corrected chi connectivity index (χ4v) is 2.99. The normalized spacial score (nSPS) is 10.5. The lowest BCUT2D eigenvalue weighted by Crippen LogP contribution is -2.09. The molecule has 8 nitrogen and oxygen atoms in total. The van der Waals surface area contributed by atoms with Crippen LogP contribution in [-0.4, -0.2) is 45.3 Å². The first kappa shape index (κ1) is 28.2. The van der Waals surface area contributed by atoms with E-state index in [2.05, 4.69) is 11.3 Å². The van der Waals surface area contributed by atoms with Crippen molar-refractivity contribution in [3.8, 4) is 17.2 Å². The first-order chi connectivity index (χ1) is 17.3. The van der Waals surface area contributed by atoms with Crippen molar-refractivity contribution in [3.05, 3.63) is 71.8 Å². The molecule has 0 aromatic heterocycles. The van der Waals surface area contributed by atoms with Gasteiger partial charge < -0.3 is 23.7 Å². The van der Waals surface area contributed by atoms with Crippen LogP contribution in [0.15, 0.2) is 60.7 Å². The Balaban J connectivity index is 1.80. The van der Waals surface area contributed by atoms with Crippen molar-refractivity contribution in [1.29, 1.82) is 0 Å². The number of unbranched alkanes of at least 4 members (excludes halogenated alkanes) is 3. The molecule has 0 aliphatic carbocycles. The molecule has 0 fully saturated rings. The molecular formula is C28H32O8. The van der Waals surface area contributed by atoms with Gasteiger partial charge in [-0.1, -0.05) is 18.7 Å². The Morgan fingerprint density at radius 1 is 0.889 bits per heavy atom. The van der Waals surface area contributed by atoms with Crippen molar-refractivity contribution in [3.63, 3.8) is 0 Å². The number of rotatable bonds is 14. The van der Waals surface area contributed by atoms with Gasteiger partial charge in [-0.25, -0.2) is 14.4 Å². The van der Waals surface area contributed by atoms with Crippen LogP contribution in [0.4, 0.5) is 0 Å². The van der Waals surface area contributed by atoms with Crippen LogP contribution in [-0.2, 0) is 19.1 Å². The summed E-state index contributed by atoms with van der Waals surface area (Å²) < 4.78 is 26.2. The first-order valence-corrected chi connectivity index (χ1v) is 11.6. The van der Waals surface area contributed by atoms with E-state index in [-0.39, 0.29) is 5.97 Å². The van der Waals surface area contributed by atoms with Crippen LogP contribution in [0.5, 0.6) is 17.2 Å². The number of esters is 3. The number of hydrogen-bond donors (Lipinski definition) is 0. The SMILES string of the molecule is C=C(C)C(=O)OCCCCCCOc1ccc(C(=O)Oc2ccc(/C=C/C(=O)OC)cc2)cc1OC. The Labute approximate surface area is 211 Å². The number of hydrogen-bond acceptors (Lipinski definition) is 8. The van der Waals surface area contributed by atoms with Crippen molar-refractivity contribution in [2.24, 2.45) is 0 Å².